The lowest BCUT2D eigenvalue weighted by Crippen LogP contribution is -2.10. The smallest absolute Gasteiger partial charge is 0.187 e. The van der Waals surface area contributed by atoms with Gasteiger partial charge in [-0.2, -0.15) is 0 Å². The van der Waals surface area contributed by atoms with E-state index in [0.29, 0.717) is 5.69 Å². The maximum absolute atomic E-state index is 7.50. The van der Waals surface area contributed by atoms with Gasteiger partial charge in [-0.1, -0.05) is 133 Å². The van der Waals surface area contributed by atoms with Crippen molar-refractivity contribution >= 4 is 87.6 Å². The first kappa shape index (κ1) is 30.2. The van der Waals surface area contributed by atoms with E-state index >= 15 is 0 Å². The van der Waals surface area contributed by atoms with Crippen molar-refractivity contribution in [3.8, 4) is 16.8 Å². The van der Waals surface area contributed by atoms with Crippen LogP contribution >= 0.6 is 0 Å². The molecule has 3 nitrogen and oxygen atoms in total. The van der Waals surface area contributed by atoms with Crippen LogP contribution in [-0.4, -0.2) is 4.57 Å². The molecule has 0 spiro atoms. The van der Waals surface area contributed by atoms with Crippen molar-refractivity contribution in [1.82, 2.24) is 4.57 Å². The molecule has 54 heavy (non-hydrogen) atoms. The van der Waals surface area contributed by atoms with Crippen molar-refractivity contribution in [2.24, 2.45) is 0 Å². The maximum Gasteiger partial charge on any atom is 0.187 e. The van der Waals surface area contributed by atoms with Gasteiger partial charge in [-0.15, -0.1) is 0 Å². The van der Waals surface area contributed by atoms with Crippen LogP contribution in [0.5, 0.6) is 0 Å². The van der Waals surface area contributed by atoms with Gasteiger partial charge in [-0.25, -0.2) is 4.85 Å². The molecule has 0 bridgehead atoms. The van der Waals surface area contributed by atoms with Crippen LogP contribution in [0.25, 0.3) is 86.6 Å². The fraction of sp³-hybridized carbons (Fsp3) is 0. The molecule has 3 heteroatoms. The summed E-state index contributed by atoms with van der Waals surface area (Å²) in [7, 11) is 0. The van der Waals surface area contributed by atoms with Gasteiger partial charge >= 0.3 is 0 Å². The van der Waals surface area contributed by atoms with Crippen LogP contribution in [0.15, 0.2) is 188 Å². The van der Waals surface area contributed by atoms with Gasteiger partial charge in [0.25, 0.3) is 0 Å². The van der Waals surface area contributed by atoms with E-state index in [9.17, 15) is 0 Å². The predicted molar refractivity (Wildman–Crippen MR) is 228 cm³/mol. The third kappa shape index (κ3) is 4.48. The standard InChI is InChI=1S/C51H31N3/c1-52-37-23-27-40(28-24-37)53(46-17-9-11-33-10-5-6-14-42(33)46)39-25-18-34(19-26-39)41-29-20-35-21-31-45-50-36(22-30-43(41)49(35)50)32-48-51(45)44-15-7-8-16-47(44)54(48)38-12-3-2-4-13-38/h2-32H. The highest BCUT2D eigenvalue weighted by molar-refractivity contribution is 6.34. The lowest BCUT2D eigenvalue weighted by Gasteiger charge is -2.27. The average Bonchev–Trinajstić information content (AvgIpc) is 3.57. The summed E-state index contributed by atoms with van der Waals surface area (Å²) < 4.78 is 2.41. The number of nitrogens with zero attached hydrogens (tertiary/aromatic N) is 3. The van der Waals surface area contributed by atoms with E-state index in [-0.39, 0.29) is 0 Å². The summed E-state index contributed by atoms with van der Waals surface area (Å²) >= 11 is 0. The van der Waals surface area contributed by atoms with Gasteiger partial charge in [0, 0.05) is 33.2 Å². The quantitative estimate of drug-likeness (QED) is 0.130. The Hall–Kier alpha value is -7.41. The molecule has 11 rings (SSSR count). The second-order valence-corrected chi connectivity index (χ2v) is 14.0. The molecule has 250 valence electrons. The van der Waals surface area contributed by atoms with E-state index in [1.807, 2.05) is 24.3 Å². The fourth-order valence-electron chi connectivity index (χ4n) is 8.73. The molecule has 1 heterocycles. The molecule has 1 aromatic heterocycles. The molecule has 0 aliphatic rings. The van der Waals surface area contributed by atoms with E-state index in [0.717, 1.165) is 17.1 Å². The van der Waals surface area contributed by atoms with Crippen molar-refractivity contribution in [3.05, 3.63) is 199 Å². The van der Waals surface area contributed by atoms with Crippen molar-refractivity contribution in [3.63, 3.8) is 0 Å². The molecule has 0 saturated carbocycles. The van der Waals surface area contributed by atoms with Crippen LogP contribution < -0.4 is 4.90 Å². The summed E-state index contributed by atoms with van der Waals surface area (Å²) in [6.07, 6.45) is 0. The molecular formula is C51H31N3. The monoisotopic (exact) mass is 685 g/mol. The van der Waals surface area contributed by atoms with Gasteiger partial charge < -0.3 is 9.47 Å². The van der Waals surface area contributed by atoms with E-state index in [1.165, 1.54) is 81.7 Å². The molecule has 10 aromatic carbocycles. The van der Waals surface area contributed by atoms with Gasteiger partial charge in [0.2, 0.25) is 0 Å². The molecule has 0 aliphatic carbocycles. The minimum absolute atomic E-state index is 0.628. The normalized spacial score (nSPS) is 11.7. The zero-order valence-electron chi connectivity index (χ0n) is 29.2. The lowest BCUT2D eigenvalue weighted by atomic mass is 9.88. The summed E-state index contributed by atoms with van der Waals surface area (Å²) in [5.74, 6) is 0. The Morgan fingerprint density at radius 2 is 1.07 bits per heavy atom. The number of anilines is 3. The van der Waals surface area contributed by atoms with E-state index in [1.54, 1.807) is 0 Å². The van der Waals surface area contributed by atoms with Gasteiger partial charge in [0.05, 0.1) is 23.3 Å². The Balaban J connectivity index is 1.09. The highest BCUT2D eigenvalue weighted by Crippen LogP contribution is 2.46. The SMILES string of the molecule is [C-]#[N+]c1ccc(N(c2ccc(-c3ccc4ccc5c6c(ccc3c46)cc3c5c4ccccc4n3-c3ccccc3)cc2)c2cccc3ccccc23)cc1. The number of benzene rings is 10. The highest BCUT2D eigenvalue weighted by atomic mass is 15.1. The maximum atomic E-state index is 7.50. The minimum Gasteiger partial charge on any atom is -0.310 e. The lowest BCUT2D eigenvalue weighted by molar-refractivity contribution is 1.18. The van der Waals surface area contributed by atoms with Crippen LogP contribution in [-0.2, 0) is 0 Å². The zero-order valence-corrected chi connectivity index (χ0v) is 29.2. The van der Waals surface area contributed by atoms with Crippen molar-refractivity contribution in [2.45, 2.75) is 0 Å². The number of rotatable bonds is 5. The Bertz CT molecular complexity index is 3250. The number of fused-ring (bicyclic) bond motifs is 5. The Morgan fingerprint density at radius 3 is 1.89 bits per heavy atom. The van der Waals surface area contributed by atoms with Crippen LogP contribution in [0, 0.1) is 6.57 Å². The number of hydrogen-bond acceptors (Lipinski definition) is 1. The van der Waals surface area contributed by atoms with Crippen LogP contribution in [0.3, 0.4) is 0 Å². The van der Waals surface area contributed by atoms with Gasteiger partial charge in [0.1, 0.15) is 0 Å². The molecule has 0 unspecified atom stereocenters. The number of aromatic nitrogens is 1. The number of para-hydroxylation sites is 2. The summed E-state index contributed by atoms with van der Waals surface area (Å²) in [6, 6.07) is 67.5. The second kappa shape index (κ2) is 11.8. The second-order valence-electron chi connectivity index (χ2n) is 14.0. The van der Waals surface area contributed by atoms with Crippen LogP contribution in [0.4, 0.5) is 22.7 Å². The van der Waals surface area contributed by atoms with E-state index in [4.69, 9.17) is 6.57 Å². The summed E-state index contributed by atoms with van der Waals surface area (Å²) in [5, 5.41) is 12.6. The van der Waals surface area contributed by atoms with Crippen LogP contribution in [0.1, 0.15) is 0 Å². The van der Waals surface area contributed by atoms with Gasteiger partial charge in [-0.05, 0) is 103 Å². The molecule has 0 aliphatic heterocycles. The molecule has 0 atom stereocenters. The van der Waals surface area contributed by atoms with Crippen molar-refractivity contribution in [2.75, 3.05) is 4.90 Å². The third-order valence-corrected chi connectivity index (χ3v) is 11.1. The van der Waals surface area contributed by atoms with Gasteiger partial charge in [-0.3, -0.25) is 0 Å². The summed E-state index contributed by atoms with van der Waals surface area (Å²) in [5.41, 5.74) is 9.79. The Morgan fingerprint density at radius 1 is 0.426 bits per heavy atom. The molecular weight excluding hydrogens is 655 g/mol. The minimum atomic E-state index is 0.628. The zero-order chi connectivity index (χ0) is 35.8. The first-order chi connectivity index (χ1) is 26.7. The molecule has 11 aromatic rings. The summed E-state index contributed by atoms with van der Waals surface area (Å²) in [4.78, 5) is 5.93. The molecule has 0 saturated heterocycles. The fourth-order valence-corrected chi connectivity index (χ4v) is 8.73. The predicted octanol–water partition coefficient (Wildman–Crippen LogP) is 14.5. The third-order valence-electron chi connectivity index (χ3n) is 11.1. The summed E-state index contributed by atoms with van der Waals surface area (Å²) in [6.45, 7) is 7.50. The Kier molecular flexibility index (Phi) is 6.62. The van der Waals surface area contributed by atoms with Crippen molar-refractivity contribution in [1.29, 1.82) is 0 Å². The van der Waals surface area contributed by atoms with E-state index in [2.05, 4.69) is 178 Å². The van der Waals surface area contributed by atoms with Gasteiger partial charge in [0.15, 0.2) is 5.69 Å². The largest absolute Gasteiger partial charge is 0.310 e. The first-order valence-electron chi connectivity index (χ1n) is 18.3. The first-order valence-corrected chi connectivity index (χ1v) is 18.3. The molecule has 0 N–H and O–H groups in total. The van der Waals surface area contributed by atoms with E-state index < -0.39 is 0 Å². The molecule has 0 radical (unpaired) electrons. The average molecular weight is 686 g/mol. The van der Waals surface area contributed by atoms with Crippen LogP contribution in [0.2, 0.25) is 0 Å². The molecule has 0 fully saturated rings. The topological polar surface area (TPSA) is 12.5 Å². The Labute approximate surface area is 312 Å². The number of hydrogen-bond donors (Lipinski definition) is 0. The van der Waals surface area contributed by atoms with Crippen molar-refractivity contribution < 1.29 is 0 Å². The molecule has 0 amide bonds. The highest BCUT2D eigenvalue weighted by Gasteiger charge is 2.20.